The fourth-order valence-electron chi connectivity index (χ4n) is 8.78. The zero-order chi connectivity index (χ0) is 47.4. The van der Waals surface area contributed by atoms with Crippen molar-refractivity contribution in [3.05, 3.63) is 79.2 Å². The Bertz CT molecular complexity index is 1970. The molecule has 2 aliphatic heterocycles. The molecule has 0 atom stereocenters. The molecule has 350 valence electrons. The number of benzene rings is 2. The highest BCUT2D eigenvalue weighted by molar-refractivity contribution is 6.62. The summed E-state index contributed by atoms with van der Waals surface area (Å²) in [6.45, 7) is 8.40. The number of halogens is 4. The highest BCUT2D eigenvalue weighted by Gasteiger charge is 2.51. The van der Waals surface area contributed by atoms with Crippen LogP contribution in [0.15, 0.2) is 35.8 Å². The molecule has 63 heavy (non-hydrogen) atoms. The average Bonchev–Trinajstić information content (AvgIpc) is 3.66. The molecule has 0 radical (unpaired) electrons. The van der Waals surface area contributed by atoms with Crippen molar-refractivity contribution < 1.29 is 39.2 Å². The molecule has 2 spiro atoms. The molecule has 5 N–H and O–H groups in total. The van der Waals surface area contributed by atoms with Crippen molar-refractivity contribution in [2.24, 2.45) is 11.8 Å². The summed E-state index contributed by atoms with van der Waals surface area (Å²) in [7, 11) is 6.43. The van der Waals surface area contributed by atoms with E-state index in [2.05, 4.69) is 22.2 Å². The number of aliphatic hydroxyl groups excluding tert-OH is 3. The molecular formula is C47H66Cl4N4O8. The fourth-order valence-corrected chi connectivity index (χ4v) is 9.31. The van der Waals surface area contributed by atoms with Crippen LogP contribution in [0.4, 0.5) is 9.59 Å². The number of hydrogen-bond donors (Lipinski definition) is 5. The van der Waals surface area contributed by atoms with Crippen LogP contribution < -0.4 is 10.6 Å². The highest BCUT2D eigenvalue weighted by Crippen LogP contribution is 2.47. The van der Waals surface area contributed by atoms with Crippen LogP contribution in [0.1, 0.15) is 112 Å². The number of hydrogen-bond acceptors (Lipinski definition) is 8. The van der Waals surface area contributed by atoms with Gasteiger partial charge in [-0.3, -0.25) is 14.4 Å². The van der Waals surface area contributed by atoms with Gasteiger partial charge in [0.25, 0.3) is 11.8 Å². The number of amides is 4. The highest BCUT2D eigenvalue weighted by atomic mass is 35.5. The van der Waals surface area contributed by atoms with Crippen molar-refractivity contribution in [3.8, 4) is 0 Å². The van der Waals surface area contributed by atoms with Crippen LogP contribution in [0.2, 0.25) is 10.0 Å². The molecule has 2 aliphatic carbocycles. The quantitative estimate of drug-likeness (QED) is 0.0941. The number of ether oxygens (including phenoxy) is 1. The van der Waals surface area contributed by atoms with E-state index < -0.39 is 22.5 Å². The summed E-state index contributed by atoms with van der Waals surface area (Å²) in [5.74, 6) is 0.620. The maximum Gasteiger partial charge on any atom is 0.414 e. The predicted octanol–water partition coefficient (Wildman–Crippen LogP) is 9.47. The van der Waals surface area contributed by atoms with Crippen LogP contribution in [-0.4, -0.2) is 107 Å². The van der Waals surface area contributed by atoms with Gasteiger partial charge in [0.05, 0.1) is 22.2 Å². The van der Waals surface area contributed by atoms with Gasteiger partial charge in [0, 0.05) is 57.8 Å². The molecule has 4 amide bonds. The van der Waals surface area contributed by atoms with Gasteiger partial charge in [-0.25, -0.2) is 4.79 Å². The van der Waals surface area contributed by atoms with Crippen LogP contribution >= 0.6 is 46.4 Å². The van der Waals surface area contributed by atoms with E-state index in [1.54, 1.807) is 28.2 Å². The van der Waals surface area contributed by atoms with Crippen molar-refractivity contribution in [2.75, 3.05) is 47.8 Å². The molecule has 2 aromatic rings. The van der Waals surface area contributed by atoms with Gasteiger partial charge in [0.1, 0.15) is 11.5 Å². The first-order valence-corrected chi connectivity index (χ1v) is 23.6. The summed E-state index contributed by atoms with van der Waals surface area (Å²) < 4.78 is 5.89. The average molecular weight is 957 g/mol. The third kappa shape index (κ3) is 12.4. The molecule has 2 aromatic carbocycles. The first-order chi connectivity index (χ1) is 29.9. The van der Waals surface area contributed by atoms with Gasteiger partial charge in [-0.05, 0) is 158 Å². The molecule has 0 saturated heterocycles. The number of nitrogens with one attached hydrogen (secondary N) is 2. The number of carbonyl (C=O) groups excluding carboxylic acids is 4. The molecule has 12 nitrogen and oxygen atoms in total. The van der Waals surface area contributed by atoms with Gasteiger partial charge >= 0.3 is 11.5 Å². The minimum Gasteiger partial charge on any atom is -0.509 e. The Morgan fingerprint density at radius 3 is 1.33 bits per heavy atom. The maximum atomic E-state index is 13.3. The normalized spacial score (nSPS) is 22.6. The lowest BCUT2D eigenvalue weighted by Crippen LogP contribution is -2.48. The monoisotopic (exact) mass is 954 g/mol. The van der Waals surface area contributed by atoms with Gasteiger partial charge < -0.3 is 40.5 Å². The second-order valence-electron chi connectivity index (χ2n) is 16.8. The molecule has 4 aliphatic rings. The van der Waals surface area contributed by atoms with Crippen molar-refractivity contribution in [1.29, 1.82) is 0 Å². The molecule has 16 heteroatoms. The summed E-state index contributed by atoms with van der Waals surface area (Å²) in [4.78, 5) is 51.2. The van der Waals surface area contributed by atoms with Crippen LogP contribution in [0.3, 0.4) is 0 Å². The summed E-state index contributed by atoms with van der Waals surface area (Å²) >= 11 is 22.1. The van der Waals surface area contributed by atoms with Crippen LogP contribution in [0, 0.1) is 11.8 Å². The summed E-state index contributed by atoms with van der Waals surface area (Å²) in [5.41, 5.74) is 5.02. The second kappa shape index (κ2) is 24.1. The van der Waals surface area contributed by atoms with Gasteiger partial charge in [0.2, 0.25) is 0 Å². The molecule has 0 unspecified atom stereocenters. The first kappa shape index (κ1) is 53.8. The summed E-state index contributed by atoms with van der Waals surface area (Å²) in [6, 6.07) is 7.54. The van der Waals surface area contributed by atoms with E-state index in [-0.39, 0.29) is 42.6 Å². The van der Waals surface area contributed by atoms with Crippen molar-refractivity contribution >= 4 is 80.8 Å². The molecule has 2 heterocycles. The number of rotatable bonds is 9. The standard InChI is InChI=1S/C23H31ClN2O4.C20H26ClNO3.C3H6ClNO.CH3Cl/c1-5-15-11-17(24)12-16(6-2)18(15)19-20(30-22(29)26(3)4)23(25-21(19)28)9-7-14(13-27)8-10-23;1-3-13-9-15(21)10-14(4-2)16(13)17-18(24)20(22-19(17)25)7-5-12(11-23)6-8-20;1-5(2)3(4)6;1-2/h11-12,14,27H,5-10,13H2,1-4H3,(H,25,28);9-10,12,23-24H,3-8,11H2,1-2H3,(H,22,25);1-2H3;1H3. The topological polar surface area (TPSA) is 169 Å². The van der Waals surface area contributed by atoms with Crippen LogP contribution in [0.5, 0.6) is 0 Å². The Hall–Kier alpha value is -3.52. The Labute approximate surface area is 393 Å². The lowest BCUT2D eigenvalue weighted by molar-refractivity contribution is -0.117. The molecule has 0 aromatic heterocycles. The third-order valence-corrected chi connectivity index (χ3v) is 13.2. The molecular weight excluding hydrogens is 890 g/mol. The number of carbonyl (C=O) groups is 4. The van der Waals surface area contributed by atoms with Gasteiger partial charge in [-0.1, -0.05) is 50.9 Å². The van der Waals surface area contributed by atoms with E-state index >= 15 is 0 Å². The predicted molar refractivity (Wildman–Crippen MR) is 254 cm³/mol. The lowest BCUT2D eigenvalue weighted by atomic mass is 9.75. The van der Waals surface area contributed by atoms with E-state index in [9.17, 15) is 34.5 Å². The zero-order valence-electron chi connectivity index (χ0n) is 38.2. The van der Waals surface area contributed by atoms with Crippen molar-refractivity contribution in [1.82, 2.24) is 20.4 Å². The van der Waals surface area contributed by atoms with Crippen LogP contribution in [-0.2, 0) is 40.0 Å². The summed E-state index contributed by atoms with van der Waals surface area (Å²) in [6.07, 6.45) is 9.55. The fraction of sp³-hybridized carbons (Fsp3) is 0.574. The third-order valence-electron chi connectivity index (χ3n) is 12.4. The lowest BCUT2D eigenvalue weighted by Gasteiger charge is -2.38. The molecule has 6 rings (SSSR count). The van der Waals surface area contributed by atoms with E-state index in [1.807, 2.05) is 52.0 Å². The SMILES string of the molecule is CCc1cc(Cl)cc(CC)c1C1=C(O)C2(CCC(CO)CC2)NC1=O.CCc1cc(Cl)cc(CC)c1C1=C(OC(=O)N(C)C)C2(CCC(CO)CC2)NC1=O.CCl.CN(C)C(=O)Cl. The maximum absolute atomic E-state index is 13.3. The number of nitrogens with zero attached hydrogens (tertiary/aromatic N) is 2. The largest absolute Gasteiger partial charge is 0.509 e. The van der Waals surface area contributed by atoms with Gasteiger partial charge in [-0.15, -0.1) is 11.6 Å². The number of alkyl halides is 1. The Kier molecular flexibility index (Phi) is 20.6. The zero-order valence-corrected chi connectivity index (χ0v) is 41.2. The van der Waals surface area contributed by atoms with E-state index in [4.69, 9.17) is 39.5 Å². The Morgan fingerprint density at radius 2 is 1.00 bits per heavy atom. The molecule has 0 bridgehead atoms. The van der Waals surface area contributed by atoms with E-state index in [0.29, 0.717) is 65.5 Å². The smallest absolute Gasteiger partial charge is 0.414 e. The first-order valence-electron chi connectivity index (χ1n) is 21.7. The Morgan fingerprint density at radius 1 is 0.667 bits per heavy atom. The van der Waals surface area contributed by atoms with Gasteiger partial charge in [-0.2, -0.15) is 0 Å². The van der Waals surface area contributed by atoms with Gasteiger partial charge in [0.15, 0.2) is 0 Å². The van der Waals surface area contributed by atoms with E-state index in [0.717, 1.165) is 71.9 Å². The molecule has 2 fully saturated rings. The molecule has 2 saturated carbocycles. The number of aliphatic hydroxyl groups is 3. The number of aryl methyl sites for hydroxylation is 4. The van der Waals surface area contributed by atoms with Crippen LogP contribution in [0.25, 0.3) is 11.1 Å². The summed E-state index contributed by atoms with van der Waals surface area (Å²) in [5, 5.41) is 37.0. The van der Waals surface area contributed by atoms with Crippen molar-refractivity contribution in [3.63, 3.8) is 0 Å². The minimum atomic E-state index is -0.723. The van der Waals surface area contributed by atoms with Crippen molar-refractivity contribution in [2.45, 2.75) is 116 Å². The van der Waals surface area contributed by atoms with E-state index in [1.165, 1.54) is 16.2 Å². The second-order valence-corrected chi connectivity index (χ2v) is 18.0. The minimum absolute atomic E-state index is 0.130. The Balaban J connectivity index is 0.000000290.